The summed E-state index contributed by atoms with van der Waals surface area (Å²) in [7, 11) is 0. The van der Waals surface area contributed by atoms with E-state index in [9.17, 15) is 14.9 Å². The minimum Gasteiger partial charge on any atom is -0.462 e. The van der Waals surface area contributed by atoms with Crippen molar-refractivity contribution in [2.45, 2.75) is 19.2 Å². The lowest BCUT2D eigenvalue weighted by Gasteiger charge is -2.08. The Hall–Kier alpha value is -1.43. The Bertz CT molecular complexity index is 459. The van der Waals surface area contributed by atoms with Gasteiger partial charge in [0.05, 0.1) is 11.5 Å². The summed E-state index contributed by atoms with van der Waals surface area (Å²) in [5.74, 6) is -0.659. The van der Waals surface area contributed by atoms with Gasteiger partial charge in [0.25, 0.3) is 5.69 Å². The van der Waals surface area contributed by atoms with Crippen LogP contribution < -0.4 is 0 Å². The molecule has 0 fully saturated rings. The van der Waals surface area contributed by atoms with Crippen LogP contribution in [0.4, 0.5) is 5.69 Å². The highest BCUT2D eigenvalue weighted by Gasteiger charge is 2.25. The lowest BCUT2D eigenvalue weighted by Crippen LogP contribution is -2.11. The van der Waals surface area contributed by atoms with Gasteiger partial charge in [-0.05, 0) is 25.0 Å². The number of nitrogens with zero attached hydrogens (tertiary/aromatic N) is 1. The van der Waals surface area contributed by atoms with Crippen LogP contribution in [0.25, 0.3) is 0 Å². The normalized spacial score (nSPS) is 10.1. The molecule has 0 spiro atoms. The molecule has 0 aliphatic rings. The second-order valence-electron chi connectivity index (χ2n) is 3.43. The summed E-state index contributed by atoms with van der Waals surface area (Å²) in [5.41, 5.74) is 1.12. The largest absolute Gasteiger partial charge is 0.462 e. The summed E-state index contributed by atoms with van der Waals surface area (Å²) in [6.07, 6.45) is 0. The average molecular weight is 302 g/mol. The Labute approximate surface area is 107 Å². The average Bonchev–Trinajstić information content (AvgIpc) is 2.27. The molecular formula is C11H12BrNO4. The first-order valence-electron chi connectivity index (χ1n) is 5.02. The van der Waals surface area contributed by atoms with Crippen LogP contribution in [0, 0.1) is 17.0 Å². The molecule has 17 heavy (non-hydrogen) atoms. The number of hydrogen-bond acceptors (Lipinski definition) is 4. The number of ether oxygens (including phenoxy) is 1. The minimum atomic E-state index is -0.659. The highest BCUT2D eigenvalue weighted by atomic mass is 79.9. The molecular weight excluding hydrogens is 290 g/mol. The Morgan fingerprint density at radius 2 is 2.18 bits per heavy atom. The van der Waals surface area contributed by atoms with Gasteiger partial charge >= 0.3 is 5.97 Å². The molecule has 0 heterocycles. The molecule has 0 aliphatic heterocycles. The fourth-order valence-corrected chi connectivity index (χ4v) is 1.97. The Balaban J connectivity index is 3.41. The van der Waals surface area contributed by atoms with Crippen LogP contribution in [0.3, 0.4) is 0 Å². The van der Waals surface area contributed by atoms with Gasteiger partial charge in [-0.3, -0.25) is 10.1 Å². The van der Waals surface area contributed by atoms with Crippen molar-refractivity contribution >= 4 is 27.6 Å². The molecule has 1 aromatic rings. The summed E-state index contributed by atoms with van der Waals surface area (Å²) in [6.45, 7) is 3.59. The fourth-order valence-electron chi connectivity index (χ4n) is 1.53. The number of carbonyl (C=O) groups excluding carboxylic acids is 1. The van der Waals surface area contributed by atoms with Gasteiger partial charge in [0.15, 0.2) is 0 Å². The van der Waals surface area contributed by atoms with Crippen molar-refractivity contribution in [2.75, 3.05) is 6.61 Å². The third kappa shape index (κ3) is 3.03. The van der Waals surface area contributed by atoms with Crippen LogP contribution in [-0.4, -0.2) is 17.5 Å². The number of aryl methyl sites for hydroxylation is 1. The van der Waals surface area contributed by atoms with Crippen LogP contribution >= 0.6 is 15.9 Å². The van der Waals surface area contributed by atoms with Crippen molar-refractivity contribution < 1.29 is 14.5 Å². The lowest BCUT2D eigenvalue weighted by molar-refractivity contribution is -0.385. The van der Waals surface area contributed by atoms with Crippen LogP contribution in [0.2, 0.25) is 0 Å². The van der Waals surface area contributed by atoms with E-state index in [-0.39, 0.29) is 17.9 Å². The molecule has 0 atom stereocenters. The van der Waals surface area contributed by atoms with E-state index in [2.05, 4.69) is 15.9 Å². The van der Waals surface area contributed by atoms with E-state index in [0.29, 0.717) is 10.9 Å². The number of alkyl halides is 1. The summed E-state index contributed by atoms with van der Waals surface area (Å²) in [4.78, 5) is 22.1. The summed E-state index contributed by atoms with van der Waals surface area (Å²) in [5, 5.41) is 11.3. The van der Waals surface area contributed by atoms with Gasteiger partial charge < -0.3 is 4.74 Å². The third-order valence-electron chi connectivity index (χ3n) is 2.16. The molecule has 1 rings (SSSR count). The van der Waals surface area contributed by atoms with E-state index in [1.165, 1.54) is 6.07 Å². The van der Waals surface area contributed by atoms with Crippen LogP contribution in [-0.2, 0) is 10.1 Å². The molecule has 0 aliphatic carbocycles. The molecule has 0 unspecified atom stereocenters. The van der Waals surface area contributed by atoms with E-state index in [0.717, 1.165) is 5.56 Å². The van der Waals surface area contributed by atoms with Crippen LogP contribution in [0.15, 0.2) is 12.1 Å². The fraction of sp³-hybridized carbons (Fsp3) is 0.364. The van der Waals surface area contributed by atoms with Crippen LogP contribution in [0.1, 0.15) is 28.4 Å². The third-order valence-corrected chi connectivity index (χ3v) is 2.77. The number of hydrogen-bond donors (Lipinski definition) is 0. The minimum absolute atomic E-state index is 0.0272. The Morgan fingerprint density at radius 3 is 2.65 bits per heavy atom. The molecule has 0 N–H and O–H groups in total. The smallest absolute Gasteiger partial charge is 0.345 e. The molecule has 0 amide bonds. The van der Waals surface area contributed by atoms with Gasteiger partial charge in [-0.2, -0.15) is 0 Å². The molecule has 5 nitrogen and oxygen atoms in total. The molecule has 0 saturated heterocycles. The second kappa shape index (κ2) is 5.77. The van der Waals surface area contributed by atoms with Crippen molar-refractivity contribution in [2.24, 2.45) is 0 Å². The lowest BCUT2D eigenvalue weighted by atomic mass is 10.0. The summed E-state index contributed by atoms with van der Waals surface area (Å²) in [6, 6.07) is 3.10. The van der Waals surface area contributed by atoms with Crippen molar-refractivity contribution in [3.63, 3.8) is 0 Å². The molecule has 1 aromatic carbocycles. The molecule has 0 saturated carbocycles. The quantitative estimate of drug-likeness (QED) is 0.371. The van der Waals surface area contributed by atoms with Gasteiger partial charge in [-0.15, -0.1) is 0 Å². The number of nitro groups is 1. The van der Waals surface area contributed by atoms with Crippen molar-refractivity contribution in [1.29, 1.82) is 0 Å². The SMILES string of the molecule is CCOC(=O)c1c(CBr)cc(C)cc1[N+](=O)[O-]. The number of esters is 1. The summed E-state index contributed by atoms with van der Waals surface area (Å²) >= 11 is 3.21. The van der Waals surface area contributed by atoms with E-state index >= 15 is 0 Å². The monoisotopic (exact) mass is 301 g/mol. The zero-order chi connectivity index (χ0) is 13.0. The van der Waals surface area contributed by atoms with Gasteiger partial charge in [0.2, 0.25) is 0 Å². The molecule has 0 bridgehead atoms. The van der Waals surface area contributed by atoms with Crippen molar-refractivity contribution in [3.05, 3.63) is 38.9 Å². The topological polar surface area (TPSA) is 69.4 Å². The Morgan fingerprint density at radius 1 is 1.53 bits per heavy atom. The first-order valence-corrected chi connectivity index (χ1v) is 6.14. The van der Waals surface area contributed by atoms with E-state index in [4.69, 9.17) is 4.74 Å². The van der Waals surface area contributed by atoms with Gasteiger partial charge in [0.1, 0.15) is 5.56 Å². The van der Waals surface area contributed by atoms with E-state index in [1.807, 2.05) is 0 Å². The first-order chi connectivity index (χ1) is 8.01. The maximum atomic E-state index is 11.7. The van der Waals surface area contributed by atoms with Crippen molar-refractivity contribution in [1.82, 2.24) is 0 Å². The number of nitro benzene ring substituents is 1. The van der Waals surface area contributed by atoms with Gasteiger partial charge in [0, 0.05) is 11.4 Å². The standard InChI is InChI=1S/C11H12BrNO4/c1-3-17-11(14)10-8(6-12)4-7(2)5-9(10)13(15)16/h4-5H,3,6H2,1-2H3. The molecule has 0 radical (unpaired) electrons. The predicted octanol–water partition coefficient (Wildman–Crippen LogP) is 2.97. The predicted molar refractivity (Wildman–Crippen MR) is 66.4 cm³/mol. The second-order valence-corrected chi connectivity index (χ2v) is 3.99. The molecule has 0 aromatic heterocycles. The number of halogens is 1. The maximum Gasteiger partial charge on any atom is 0.345 e. The first kappa shape index (κ1) is 13.6. The zero-order valence-electron chi connectivity index (χ0n) is 9.53. The van der Waals surface area contributed by atoms with E-state index in [1.54, 1.807) is 19.9 Å². The molecule has 6 heteroatoms. The molecule has 92 valence electrons. The van der Waals surface area contributed by atoms with Crippen molar-refractivity contribution in [3.8, 4) is 0 Å². The maximum absolute atomic E-state index is 11.7. The summed E-state index contributed by atoms with van der Waals surface area (Å²) < 4.78 is 4.84. The Kier molecular flexibility index (Phi) is 4.62. The number of carbonyl (C=O) groups is 1. The highest BCUT2D eigenvalue weighted by Crippen LogP contribution is 2.27. The zero-order valence-corrected chi connectivity index (χ0v) is 11.1. The highest BCUT2D eigenvalue weighted by molar-refractivity contribution is 9.08. The number of rotatable bonds is 4. The van der Waals surface area contributed by atoms with Gasteiger partial charge in [-0.25, -0.2) is 4.79 Å². The van der Waals surface area contributed by atoms with E-state index < -0.39 is 10.9 Å². The number of benzene rings is 1. The van der Waals surface area contributed by atoms with Gasteiger partial charge in [-0.1, -0.05) is 22.0 Å². The van der Waals surface area contributed by atoms with Crippen LogP contribution in [0.5, 0.6) is 0 Å².